The molecule has 0 bridgehead atoms. The molecule has 0 fully saturated rings. The van der Waals surface area contributed by atoms with Crippen molar-refractivity contribution in [2.75, 3.05) is 6.54 Å². The second-order valence-electron chi connectivity index (χ2n) is 5.98. The molecule has 0 saturated carbocycles. The van der Waals surface area contributed by atoms with Gasteiger partial charge in [0.25, 0.3) is 0 Å². The first-order chi connectivity index (χ1) is 9.66. The molecule has 2 atom stereocenters. The van der Waals surface area contributed by atoms with E-state index in [-0.39, 0.29) is 6.10 Å². The average molecular weight is 273 g/mol. The van der Waals surface area contributed by atoms with Gasteiger partial charge in [-0.1, -0.05) is 30.4 Å². The van der Waals surface area contributed by atoms with Crippen LogP contribution in [0.4, 0.5) is 0 Å². The van der Waals surface area contributed by atoms with E-state index in [2.05, 4.69) is 56.4 Å². The van der Waals surface area contributed by atoms with Gasteiger partial charge >= 0.3 is 0 Å². The van der Waals surface area contributed by atoms with Gasteiger partial charge in [-0.15, -0.1) is 0 Å². The van der Waals surface area contributed by atoms with Gasteiger partial charge in [-0.05, 0) is 58.6 Å². The molecule has 0 aliphatic heterocycles. The zero-order chi connectivity index (χ0) is 14.4. The number of hydrogen-bond donors (Lipinski definition) is 1. The predicted octanol–water partition coefficient (Wildman–Crippen LogP) is 4.48. The van der Waals surface area contributed by atoms with Crippen molar-refractivity contribution in [3.63, 3.8) is 0 Å². The minimum Gasteiger partial charge on any atom is -0.491 e. The number of para-hydroxylation sites is 1. The Kier molecular flexibility index (Phi) is 5.66. The van der Waals surface area contributed by atoms with Crippen LogP contribution < -0.4 is 10.1 Å². The molecule has 0 radical (unpaired) electrons. The first-order valence-corrected chi connectivity index (χ1v) is 7.80. The van der Waals surface area contributed by atoms with Gasteiger partial charge in [-0.2, -0.15) is 0 Å². The van der Waals surface area contributed by atoms with Crippen LogP contribution in [-0.2, 0) is 0 Å². The second-order valence-corrected chi connectivity index (χ2v) is 5.98. The lowest BCUT2D eigenvalue weighted by Crippen LogP contribution is -2.26. The van der Waals surface area contributed by atoms with E-state index in [0.29, 0.717) is 6.04 Å². The van der Waals surface area contributed by atoms with Gasteiger partial charge in [0.1, 0.15) is 5.75 Å². The molecule has 2 heteroatoms. The highest BCUT2D eigenvalue weighted by Crippen LogP contribution is 2.26. The van der Waals surface area contributed by atoms with E-state index in [4.69, 9.17) is 4.74 Å². The van der Waals surface area contributed by atoms with Gasteiger partial charge in [0.15, 0.2) is 0 Å². The molecular weight excluding hydrogens is 246 g/mol. The van der Waals surface area contributed by atoms with Gasteiger partial charge in [0, 0.05) is 11.6 Å². The van der Waals surface area contributed by atoms with Crippen LogP contribution in [0.15, 0.2) is 36.4 Å². The van der Waals surface area contributed by atoms with Crippen LogP contribution in [0.25, 0.3) is 0 Å². The minimum absolute atomic E-state index is 0.215. The van der Waals surface area contributed by atoms with E-state index in [1.165, 1.54) is 24.8 Å². The van der Waals surface area contributed by atoms with Gasteiger partial charge in [0.2, 0.25) is 0 Å². The molecule has 0 spiro atoms. The summed E-state index contributed by atoms with van der Waals surface area (Å²) in [5, 5.41) is 3.67. The first-order valence-electron chi connectivity index (χ1n) is 7.80. The van der Waals surface area contributed by atoms with Crippen LogP contribution in [0.5, 0.6) is 5.75 Å². The fourth-order valence-corrected chi connectivity index (χ4v) is 2.69. The molecule has 2 unspecified atom stereocenters. The summed E-state index contributed by atoms with van der Waals surface area (Å²) < 4.78 is 5.91. The summed E-state index contributed by atoms with van der Waals surface area (Å²) in [4.78, 5) is 0. The summed E-state index contributed by atoms with van der Waals surface area (Å²) in [5.41, 5.74) is 1.26. The van der Waals surface area contributed by atoms with Crippen molar-refractivity contribution in [2.45, 2.75) is 52.2 Å². The number of hydrogen-bond acceptors (Lipinski definition) is 2. The van der Waals surface area contributed by atoms with Gasteiger partial charge in [-0.3, -0.25) is 0 Å². The fourth-order valence-electron chi connectivity index (χ4n) is 2.69. The minimum atomic E-state index is 0.215. The molecule has 0 aromatic heterocycles. The first kappa shape index (κ1) is 15.1. The highest BCUT2D eigenvalue weighted by Gasteiger charge is 2.15. The molecule has 0 amide bonds. The smallest absolute Gasteiger partial charge is 0.124 e. The Hall–Kier alpha value is -1.28. The van der Waals surface area contributed by atoms with Crippen LogP contribution in [0.1, 0.15) is 51.6 Å². The monoisotopic (exact) mass is 273 g/mol. The molecule has 2 nitrogen and oxygen atoms in total. The second kappa shape index (κ2) is 7.49. The van der Waals surface area contributed by atoms with Gasteiger partial charge < -0.3 is 10.1 Å². The van der Waals surface area contributed by atoms with E-state index < -0.39 is 0 Å². The van der Waals surface area contributed by atoms with Crippen molar-refractivity contribution in [3.8, 4) is 5.75 Å². The Bertz CT molecular complexity index is 439. The van der Waals surface area contributed by atoms with Crippen molar-refractivity contribution < 1.29 is 4.74 Å². The Morgan fingerprint density at radius 3 is 2.70 bits per heavy atom. The maximum absolute atomic E-state index is 5.91. The lowest BCUT2D eigenvalue weighted by Gasteiger charge is -2.23. The SMILES string of the molecule is CC(C)Oc1ccccc1C(C)NCC1CC=CCC1. The molecule has 1 aliphatic rings. The van der Waals surface area contributed by atoms with E-state index in [1.807, 2.05) is 6.07 Å². The number of allylic oxidation sites excluding steroid dienone is 2. The number of ether oxygens (including phenoxy) is 1. The van der Waals surface area contributed by atoms with Crippen molar-refractivity contribution in [3.05, 3.63) is 42.0 Å². The molecule has 1 aliphatic carbocycles. The third-order valence-electron chi connectivity index (χ3n) is 3.84. The Labute approximate surface area is 123 Å². The molecule has 1 N–H and O–H groups in total. The quantitative estimate of drug-likeness (QED) is 0.772. The van der Waals surface area contributed by atoms with Gasteiger partial charge in [-0.25, -0.2) is 0 Å². The van der Waals surface area contributed by atoms with E-state index in [9.17, 15) is 0 Å². The number of nitrogens with one attached hydrogen (secondary N) is 1. The summed E-state index contributed by atoms with van der Waals surface area (Å²) in [6.07, 6.45) is 8.58. The Balaban J connectivity index is 1.94. The molecule has 0 heterocycles. The van der Waals surface area contributed by atoms with Crippen LogP contribution in [0.3, 0.4) is 0 Å². The zero-order valence-electron chi connectivity index (χ0n) is 12.9. The Morgan fingerprint density at radius 2 is 2.00 bits per heavy atom. The van der Waals surface area contributed by atoms with Crippen LogP contribution in [-0.4, -0.2) is 12.6 Å². The maximum Gasteiger partial charge on any atom is 0.124 e. The van der Waals surface area contributed by atoms with Crippen molar-refractivity contribution in [1.29, 1.82) is 0 Å². The Morgan fingerprint density at radius 1 is 1.20 bits per heavy atom. The molecule has 1 aromatic rings. The van der Waals surface area contributed by atoms with Crippen LogP contribution in [0, 0.1) is 5.92 Å². The largest absolute Gasteiger partial charge is 0.491 e. The highest BCUT2D eigenvalue weighted by atomic mass is 16.5. The molecular formula is C18H27NO. The number of benzene rings is 1. The van der Waals surface area contributed by atoms with E-state index in [0.717, 1.165) is 18.2 Å². The van der Waals surface area contributed by atoms with Crippen molar-refractivity contribution >= 4 is 0 Å². The third-order valence-corrected chi connectivity index (χ3v) is 3.84. The normalized spacial score (nSPS) is 20.1. The van der Waals surface area contributed by atoms with E-state index in [1.54, 1.807) is 0 Å². The summed E-state index contributed by atoms with van der Waals surface area (Å²) in [7, 11) is 0. The number of rotatable bonds is 6. The van der Waals surface area contributed by atoms with E-state index >= 15 is 0 Å². The third kappa shape index (κ3) is 4.38. The van der Waals surface area contributed by atoms with Gasteiger partial charge in [0.05, 0.1) is 6.10 Å². The summed E-state index contributed by atoms with van der Waals surface area (Å²) in [6.45, 7) is 7.45. The topological polar surface area (TPSA) is 21.3 Å². The lowest BCUT2D eigenvalue weighted by molar-refractivity contribution is 0.237. The predicted molar refractivity (Wildman–Crippen MR) is 85.1 cm³/mol. The zero-order valence-corrected chi connectivity index (χ0v) is 12.9. The molecule has 110 valence electrons. The maximum atomic E-state index is 5.91. The standard InChI is InChI=1S/C18H27NO/c1-14(2)20-18-12-8-7-11-17(18)15(3)19-13-16-9-5-4-6-10-16/h4-5,7-8,11-12,14-16,19H,6,9-10,13H2,1-3H3. The summed E-state index contributed by atoms with van der Waals surface area (Å²) in [6, 6.07) is 8.69. The highest BCUT2D eigenvalue weighted by molar-refractivity contribution is 5.35. The van der Waals surface area contributed by atoms with Crippen molar-refractivity contribution in [2.24, 2.45) is 5.92 Å². The molecule has 20 heavy (non-hydrogen) atoms. The summed E-state index contributed by atoms with van der Waals surface area (Å²) >= 11 is 0. The molecule has 0 saturated heterocycles. The summed E-state index contributed by atoms with van der Waals surface area (Å²) in [5.74, 6) is 1.78. The van der Waals surface area contributed by atoms with Crippen LogP contribution >= 0.6 is 0 Å². The average Bonchev–Trinajstić information content (AvgIpc) is 2.46. The lowest BCUT2D eigenvalue weighted by atomic mass is 9.94. The van der Waals surface area contributed by atoms with Crippen molar-refractivity contribution in [1.82, 2.24) is 5.32 Å². The molecule has 1 aromatic carbocycles. The van der Waals surface area contributed by atoms with Crippen LogP contribution in [0.2, 0.25) is 0 Å². The molecule has 2 rings (SSSR count). The fraction of sp³-hybridized carbons (Fsp3) is 0.556.